The number of aliphatic carboxylic acids is 2. The molecule has 1 aliphatic carbocycles. The van der Waals surface area contributed by atoms with Crippen molar-refractivity contribution in [2.75, 3.05) is 13.2 Å². The third-order valence-corrected chi connectivity index (χ3v) is 4.70. The average molecular weight is 340 g/mol. The molecule has 2 aliphatic rings. The molecule has 0 aromatic heterocycles. The maximum absolute atomic E-state index is 12.1. The third-order valence-electron chi connectivity index (χ3n) is 4.70. The zero-order valence-electron chi connectivity index (χ0n) is 14.2. The van der Waals surface area contributed by atoms with Crippen molar-refractivity contribution in [2.45, 2.75) is 46.2 Å². The minimum Gasteiger partial charge on any atom is -0.480 e. The second kappa shape index (κ2) is 6.16. The molecule has 134 valence electrons. The molecule has 2 fully saturated rings. The van der Waals surface area contributed by atoms with Crippen LogP contribution in [-0.4, -0.2) is 53.7 Å². The lowest BCUT2D eigenvalue weighted by Crippen LogP contribution is -2.53. The Hall–Kier alpha value is -1.96. The standard InChI is InChI=1S/C16H24N2O6/c1-14(8-18-11(12(21)22)17-4-10(19)20)5-15(2)7-16(3,6-14)13(23)24-9-15/h8,11,17H,4-7,9H2,1-3H3,(H,19,20)(H,21,22)/b18-8+/t11?,14-,15+,16-/m1/s1. The van der Waals surface area contributed by atoms with Crippen LogP contribution in [0.1, 0.15) is 40.0 Å². The molecule has 0 aromatic rings. The third kappa shape index (κ3) is 3.92. The van der Waals surface area contributed by atoms with Crippen LogP contribution in [0, 0.1) is 16.2 Å². The lowest BCUT2D eigenvalue weighted by molar-refractivity contribution is -0.183. The number of esters is 1. The highest BCUT2D eigenvalue weighted by Gasteiger charge is 2.56. The lowest BCUT2D eigenvalue weighted by Gasteiger charge is -2.53. The maximum Gasteiger partial charge on any atom is 0.343 e. The molecule has 3 N–H and O–H groups in total. The number of aliphatic imine (C=N–C) groups is 1. The number of ether oxygens (including phenoxy) is 1. The predicted octanol–water partition coefficient (Wildman–Crippen LogP) is 0.902. The number of nitrogens with zero attached hydrogens (tertiary/aromatic N) is 1. The lowest BCUT2D eigenvalue weighted by atomic mass is 9.54. The fraction of sp³-hybridized carbons (Fsp3) is 0.750. The van der Waals surface area contributed by atoms with Crippen LogP contribution in [0.4, 0.5) is 0 Å². The van der Waals surface area contributed by atoms with E-state index in [-0.39, 0.29) is 11.4 Å². The Kier molecular flexibility index (Phi) is 4.72. The van der Waals surface area contributed by atoms with E-state index in [1.54, 1.807) is 6.21 Å². The molecule has 4 atom stereocenters. The van der Waals surface area contributed by atoms with Crippen molar-refractivity contribution in [1.82, 2.24) is 5.32 Å². The summed E-state index contributed by atoms with van der Waals surface area (Å²) in [5.74, 6) is -2.63. The van der Waals surface area contributed by atoms with Gasteiger partial charge >= 0.3 is 17.9 Å². The molecule has 1 saturated heterocycles. The molecular weight excluding hydrogens is 316 g/mol. The van der Waals surface area contributed by atoms with Crippen LogP contribution in [0.3, 0.4) is 0 Å². The van der Waals surface area contributed by atoms with Crippen LogP contribution in [0.25, 0.3) is 0 Å². The Labute approximate surface area is 140 Å². The first kappa shape index (κ1) is 18.4. The zero-order valence-corrected chi connectivity index (χ0v) is 14.2. The van der Waals surface area contributed by atoms with Crippen LogP contribution in [0.5, 0.6) is 0 Å². The molecule has 2 rings (SSSR count). The van der Waals surface area contributed by atoms with Crippen molar-refractivity contribution in [1.29, 1.82) is 0 Å². The number of rotatable bonds is 6. The van der Waals surface area contributed by atoms with Gasteiger partial charge in [0.05, 0.1) is 18.6 Å². The van der Waals surface area contributed by atoms with Crippen molar-refractivity contribution >= 4 is 24.1 Å². The van der Waals surface area contributed by atoms with Crippen molar-refractivity contribution in [3.63, 3.8) is 0 Å². The van der Waals surface area contributed by atoms with Crippen LogP contribution in [0.2, 0.25) is 0 Å². The van der Waals surface area contributed by atoms with E-state index < -0.39 is 35.5 Å². The Bertz CT molecular complexity index is 591. The first-order chi connectivity index (χ1) is 11.0. The van der Waals surface area contributed by atoms with Gasteiger partial charge in [-0.2, -0.15) is 0 Å². The summed E-state index contributed by atoms with van der Waals surface area (Å²) in [6.45, 7) is 5.73. The SMILES string of the molecule is C[C@@]1(/C=N/C(NCC(=O)O)C(=O)O)C[C@]2(C)COC(=O)[C@](C)(C1)C2. The van der Waals surface area contributed by atoms with E-state index in [2.05, 4.69) is 17.2 Å². The fourth-order valence-electron chi connectivity index (χ4n) is 4.39. The number of hydrogen-bond donors (Lipinski definition) is 3. The molecule has 0 radical (unpaired) electrons. The molecule has 0 aromatic carbocycles. The minimum absolute atomic E-state index is 0.172. The second-order valence-corrected chi connectivity index (χ2v) is 7.93. The van der Waals surface area contributed by atoms with Gasteiger partial charge in [-0.05, 0) is 26.2 Å². The smallest absolute Gasteiger partial charge is 0.343 e. The fourth-order valence-corrected chi connectivity index (χ4v) is 4.39. The molecule has 1 unspecified atom stereocenters. The first-order valence-electron chi connectivity index (χ1n) is 7.87. The minimum atomic E-state index is -1.33. The van der Waals surface area contributed by atoms with Gasteiger partial charge in [-0.25, -0.2) is 4.79 Å². The number of nitrogens with one attached hydrogen (secondary N) is 1. The number of cyclic esters (lactones) is 1. The number of carbonyl (C=O) groups is 3. The molecule has 0 amide bonds. The summed E-state index contributed by atoms with van der Waals surface area (Å²) in [6, 6.07) is 0. The van der Waals surface area contributed by atoms with E-state index in [1.165, 1.54) is 0 Å². The molecule has 24 heavy (non-hydrogen) atoms. The molecule has 8 nitrogen and oxygen atoms in total. The second-order valence-electron chi connectivity index (χ2n) is 7.93. The van der Waals surface area contributed by atoms with E-state index in [9.17, 15) is 14.4 Å². The number of carboxylic acids is 2. The quantitative estimate of drug-likeness (QED) is 0.484. The summed E-state index contributed by atoms with van der Waals surface area (Å²) in [6.07, 6.45) is 2.21. The highest BCUT2D eigenvalue weighted by atomic mass is 16.5. The van der Waals surface area contributed by atoms with Gasteiger partial charge in [0.25, 0.3) is 0 Å². The zero-order chi connectivity index (χ0) is 18.2. The molecule has 8 heteroatoms. The van der Waals surface area contributed by atoms with Gasteiger partial charge in [0, 0.05) is 17.0 Å². The largest absolute Gasteiger partial charge is 0.480 e. The average Bonchev–Trinajstić information content (AvgIpc) is 2.41. The van der Waals surface area contributed by atoms with Gasteiger partial charge in [-0.15, -0.1) is 0 Å². The molecule has 0 spiro atoms. The highest BCUT2D eigenvalue weighted by molar-refractivity contribution is 5.81. The number of carboxylic acid groups (broad SMARTS) is 2. The van der Waals surface area contributed by atoms with Crippen molar-refractivity contribution in [2.24, 2.45) is 21.2 Å². The van der Waals surface area contributed by atoms with Gasteiger partial charge in [-0.3, -0.25) is 19.9 Å². The monoisotopic (exact) mass is 340 g/mol. The Morgan fingerprint density at radius 1 is 1.29 bits per heavy atom. The van der Waals surface area contributed by atoms with E-state index in [4.69, 9.17) is 14.9 Å². The number of fused-ring (bicyclic) bond motifs is 2. The summed E-state index contributed by atoms with van der Waals surface area (Å²) >= 11 is 0. The molecule has 1 saturated carbocycles. The van der Waals surface area contributed by atoms with E-state index in [0.29, 0.717) is 13.0 Å². The van der Waals surface area contributed by atoms with Crippen molar-refractivity contribution < 1.29 is 29.3 Å². The van der Waals surface area contributed by atoms with Gasteiger partial charge in [0.1, 0.15) is 0 Å². The number of carbonyl (C=O) groups excluding carboxylic acids is 1. The van der Waals surface area contributed by atoms with Gasteiger partial charge in [0.2, 0.25) is 0 Å². The van der Waals surface area contributed by atoms with Crippen LogP contribution in [0.15, 0.2) is 4.99 Å². The molecule has 1 heterocycles. The van der Waals surface area contributed by atoms with Crippen molar-refractivity contribution in [3.8, 4) is 0 Å². The normalized spacial score (nSPS) is 37.0. The van der Waals surface area contributed by atoms with Crippen molar-refractivity contribution in [3.05, 3.63) is 0 Å². The summed E-state index contributed by atoms with van der Waals surface area (Å²) in [7, 11) is 0. The Morgan fingerprint density at radius 3 is 2.54 bits per heavy atom. The summed E-state index contributed by atoms with van der Waals surface area (Å²) < 4.78 is 5.32. The van der Waals surface area contributed by atoms with Gasteiger partial charge in [-0.1, -0.05) is 13.8 Å². The summed E-state index contributed by atoms with van der Waals surface area (Å²) in [5, 5.41) is 20.2. The van der Waals surface area contributed by atoms with Crippen LogP contribution >= 0.6 is 0 Å². The van der Waals surface area contributed by atoms with Gasteiger partial charge < -0.3 is 14.9 Å². The predicted molar refractivity (Wildman–Crippen MR) is 84.7 cm³/mol. The van der Waals surface area contributed by atoms with Crippen LogP contribution in [-0.2, 0) is 19.1 Å². The highest BCUT2D eigenvalue weighted by Crippen LogP contribution is 2.56. The first-order valence-corrected chi connectivity index (χ1v) is 7.87. The topological polar surface area (TPSA) is 125 Å². The van der Waals surface area contributed by atoms with E-state index in [0.717, 1.165) is 12.8 Å². The molecule has 2 bridgehead atoms. The van der Waals surface area contributed by atoms with E-state index >= 15 is 0 Å². The number of hydrogen-bond acceptors (Lipinski definition) is 6. The Balaban J connectivity index is 2.18. The van der Waals surface area contributed by atoms with Crippen LogP contribution < -0.4 is 5.32 Å². The summed E-state index contributed by atoms with van der Waals surface area (Å²) in [5.41, 5.74) is -1.24. The van der Waals surface area contributed by atoms with Gasteiger partial charge in [0.15, 0.2) is 6.17 Å². The molecular formula is C16H24N2O6. The Morgan fingerprint density at radius 2 is 1.96 bits per heavy atom. The maximum atomic E-state index is 12.1. The van der Waals surface area contributed by atoms with E-state index in [1.807, 2.05) is 13.8 Å². The summed E-state index contributed by atoms with van der Waals surface area (Å²) in [4.78, 5) is 38.0. The molecule has 1 aliphatic heterocycles.